The lowest BCUT2D eigenvalue weighted by atomic mass is 10.2. The first-order valence-electron chi connectivity index (χ1n) is 4.57. The van der Waals surface area contributed by atoms with Crippen molar-refractivity contribution in [2.45, 2.75) is 32.2 Å². The molecule has 2 nitrogen and oxygen atoms in total. The molecule has 1 aliphatic carbocycles. The predicted octanol–water partition coefficient (Wildman–Crippen LogP) is 1.10. The van der Waals surface area contributed by atoms with Crippen LogP contribution in [0.25, 0.3) is 0 Å². The average Bonchev–Trinajstić information content (AvgIpc) is 2.81. The molecule has 0 aromatic heterocycles. The molecule has 1 atom stereocenters. The van der Waals surface area contributed by atoms with Crippen molar-refractivity contribution in [1.29, 1.82) is 0 Å². The van der Waals surface area contributed by atoms with Crippen LogP contribution in [-0.2, 0) is 0 Å². The highest BCUT2D eigenvalue weighted by atomic mass is 16.3. The summed E-state index contributed by atoms with van der Waals surface area (Å²) in [5, 5.41) is 8.62. The van der Waals surface area contributed by atoms with Gasteiger partial charge in [-0.15, -0.1) is 0 Å². The Morgan fingerprint density at radius 3 is 2.64 bits per heavy atom. The Hall–Kier alpha value is -0.0800. The molecule has 0 bridgehead atoms. The second-order valence-corrected chi connectivity index (χ2v) is 3.64. The minimum Gasteiger partial charge on any atom is -0.396 e. The molecule has 1 fully saturated rings. The van der Waals surface area contributed by atoms with Crippen LogP contribution >= 0.6 is 0 Å². The fourth-order valence-corrected chi connectivity index (χ4v) is 1.46. The first-order valence-corrected chi connectivity index (χ1v) is 4.57. The number of hydrogen-bond donors (Lipinski definition) is 1. The standard InChI is InChI=1S/C9H19NO/c1-8(9-4-5-9)10(2)6-3-7-11/h8-9,11H,3-7H2,1-2H3. The van der Waals surface area contributed by atoms with Gasteiger partial charge in [-0.3, -0.25) is 0 Å². The highest BCUT2D eigenvalue weighted by molar-refractivity contribution is 4.83. The van der Waals surface area contributed by atoms with Crippen LogP contribution in [0.5, 0.6) is 0 Å². The van der Waals surface area contributed by atoms with Crippen molar-refractivity contribution in [2.75, 3.05) is 20.2 Å². The molecule has 0 aromatic rings. The van der Waals surface area contributed by atoms with Crippen LogP contribution in [0.1, 0.15) is 26.2 Å². The van der Waals surface area contributed by atoms with Crippen LogP contribution in [0.2, 0.25) is 0 Å². The van der Waals surface area contributed by atoms with E-state index >= 15 is 0 Å². The van der Waals surface area contributed by atoms with Gasteiger partial charge < -0.3 is 10.0 Å². The zero-order valence-electron chi connectivity index (χ0n) is 7.58. The molecule has 1 aliphatic rings. The molecule has 1 rings (SSSR count). The molecule has 0 amide bonds. The smallest absolute Gasteiger partial charge is 0.0443 e. The Labute approximate surface area is 69.2 Å². The molecular weight excluding hydrogens is 138 g/mol. The molecule has 1 saturated carbocycles. The summed E-state index contributed by atoms with van der Waals surface area (Å²) in [5.74, 6) is 0.943. The van der Waals surface area contributed by atoms with Gasteiger partial charge in [-0.2, -0.15) is 0 Å². The molecule has 1 unspecified atom stereocenters. The van der Waals surface area contributed by atoms with E-state index in [2.05, 4.69) is 18.9 Å². The maximum Gasteiger partial charge on any atom is 0.0443 e. The fourth-order valence-electron chi connectivity index (χ4n) is 1.46. The van der Waals surface area contributed by atoms with Gasteiger partial charge in [0.25, 0.3) is 0 Å². The minimum absolute atomic E-state index is 0.321. The Morgan fingerprint density at radius 2 is 2.18 bits per heavy atom. The van der Waals surface area contributed by atoms with Crippen LogP contribution in [0, 0.1) is 5.92 Å². The summed E-state index contributed by atoms with van der Waals surface area (Å²) < 4.78 is 0. The molecule has 11 heavy (non-hydrogen) atoms. The van der Waals surface area contributed by atoms with E-state index in [1.54, 1.807) is 0 Å². The summed E-state index contributed by atoms with van der Waals surface area (Å²) in [6.07, 6.45) is 3.73. The molecule has 0 saturated heterocycles. The maximum atomic E-state index is 8.62. The first-order chi connectivity index (χ1) is 5.25. The van der Waals surface area contributed by atoms with Crippen molar-refractivity contribution in [2.24, 2.45) is 5.92 Å². The van der Waals surface area contributed by atoms with E-state index in [0.29, 0.717) is 6.61 Å². The minimum atomic E-state index is 0.321. The summed E-state index contributed by atoms with van der Waals surface area (Å²) in [6.45, 7) is 3.64. The maximum absolute atomic E-state index is 8.62. The van der Waals surface area contributed by atoms with Crippen LogP contribution < -0.4 is 0 Å². The van der Waals surface area contributed by atoms with Crippen molar-refractivity contribution in [1.82, 2.24) is 4.90 Å². The van der Waals surface area contributed by atoms with Crippen molar-refractivity contribution in [3.8, 4) is 0 Å². The van der Waals surface area contributed by atoms with Gasteiger partial charge in [-0.05, 0) is 39.2 Å². The summed E-state index contributed by atoms with van der Waals surface area (Å²) in [4.78, 5) is 2.36. The third kappa shape index (κ3) is 2.80. The number of rotatable bonds is 5. The molecule has 0 aromatic carbocycles. The zero-order chi connectivity index (χ0) is 8.27. The van der Waals surface area contributed by atoms with Gasteiger partial charge in [-0.25, -0.2) is 0 Å². The Bertz CT molecular complexity index is 112. The second kappa shape index (κ2) is 4.07. The largest absolute Gasteiger partial charge is 0.396 e. The number of aliphatic hydroxyl groups excluding tert-OH is 1. The van der Waals surface area contributed by atoms with E-state index in [0.717, 1.165) is 24.9 Å². The van der Waals surface area contributed by atoms with Crippen molar-refractivity contribution >= 4 is 0 Å². The van der Waals surface area contributed by atoms with E-state index in [4.69, 9.17) is 5.11 Å². The summed E-state index contributed by atoms with van der Waals surface area (Å²) in [5.41, 5.74) is 0. The predicted molar refractivity (Wildman–Crippen MR) is 46.5 cm³/mol. The highest BCUT2D eigenvalue weighted by Crippen LogP contribution is 2.34. The zero-order valence-corrected chi connectivity index (χ0v) is 7.58. The lowest BCUT2D eigenvalue weighted by Gasteiger charge is -2.23. The highest BCUT2D eigenvalue weighted by Gasteiger charge is 2.29. The molecule has 0 aliphatic heterocycles. The third-order valence-electron chi connectivity index (χ3n) is 2.67. The van der Waals surface area contributed by atoms with Crippen molar-refractivity contribution < 1.29 is 5.11 Å². The number of nitrogens with zero attached hydrogens (tertiary/aromatic N) is 1. The lowest BCUT2D eigenvalue weighted by Crippen LogP contribution is -2.31. The molecule has 66 valence electrons. The van der Waals surface area contributed by atoms with Gasteiger partial charge in [0.05, 0.1) is 0 Å². The summed E-state index contributed by atoms with van der Waals surface area (Å²) >= 11 is 0. The van der Waals surface area contributed by atoms with Gasteiger partial charge in [0.15, 0.2) is 0 Å². The molecular formula is C9H19NO. The molecule has 0 heterocycles. The van der Waals surface area contributed by atoms with Crippen molar-refractivity contribution in [3.63, 3.8) is 0 Å². The van der Waals surface area contributed by atoms with E-state index in [9.17, 15) is 0 Å². The van der Waals surface area contributed by atoms with Gasteiger partial charge >= 0.3 is 0 Å². The number of hydrogen-bond acceptors (Lipinski definition) is 2. The van der Waals surface area contributed by atoms with Gasteiger partial charge in [0.2, 0.25) is 0 Å². The van der Waals surface area contributed by atoms with Crippen LogP contribution in [-0.4, -0.2) is 36.2 Å². The quantitative estimate of drug-likeness (QED) is 0.646. The Morgan fingerprint density at radius 1 is 1.55 bits per heavy atom. The second-order valence-electron chi connectivity index (χ2n) is 3.64. The summed E-state index contributed by atoms with van der Waals surface area (Å²) in [7, 11) is 2.15. The van der Waals surface area contributed by atoms with Crippen LogP contribution in [0.15, 0.2) is 0 Å². The van der Waals surface area contributed by atoms with Gasteiger partial charge in [0.1, 0.15) is 0 Å². The van der Waals surface area contributed by atoms with E-state index in [1.165, 1.54) is 12.8 Å². The summed E-state index contributed by atoms with van der Waals surface area (Å²) in [6, 6.07) is 0.724. The average molecular weight is 157 g/mol. The Balaban J connectivity index is 2.11. The normalized spacial score (nSPS) is 20.7. The van der Waals surface area contributed by atoms with E-state index in [-0.39, 0.29) is 0 Å². The molecule has 0 radical (unpaired) electrons. The van der Waals surface area contributed by atoms with Crippen LogP contribution in [0.4, 0.5) is 0 Å². The van der Waals surface area contributed by atoms with Gasteiger partial charge in [-0.1, -0.05) is 0 Å². The lowest BCUT2D eigenvalue weighted by molar-refractivity contribution is 0.202. The molecule has 2 heteroatoms. The molecule has 0 spiro atoms. The fraction of sp³-hybridized carbons (Fsp3) is 1.00. The SMILES string of the molecule is CC(C1CC1)N(C)CCCO. The van der Waals surface area contributed by atoms with Gasteiger partial charge in [0, 0.05) is 19.2 Å². The van der Waals surface area contributed by atoms with Crippen molar-refractivity contribution in [3.05, 3.63) is 0 Å². The topological polar surface area (TPSA) is 23.5 Å². The van der Waals surface area contributed by atoms with E-state index < -0.39 is 0 Å². The first kappa shape index (κ1) is 9.01. The molecule has 1 N–H and O–H groups in total. The Kier molecular flexibility index (Phi) is 3.34. The number of aliphatic hydroxyl groups is 1. The van der Waals surface area contributed by atoms with E-state index in [1.807, 2.05) is 0 Å². The monoisotopic (exact) mass is 157 g/mol. The van der Waals surface area contributed by atoms with Crippen LogP contribution in [0.3, 0.4) is 0 Å². The third-order valence-corrected chi connectivity index (χ3v) is 2.67.